The number of rotatable bonds is 4. The molecule has 1 rings (SSSR count). The molecule has 0 bridgehead atoms. The molecule has 0 spiro atoms. The minimum atomic E-state index is 0.930. The lowest BCUT2D eigenvalue weighted by molar-refractivity contribution is 0.481. The van der Waals surface area contributed by atoms with Gasteiger partial charge < -0.3 is 5.32 Å². The second kappa shape index (κ2) is 4.66. The van der Waals surface area contributed by atoms with Gasteiger partial charge in [-0.3, -0.25) is 0 Å². The topological polar surface area (TPSA) is 12.0 Å². The van der Waals surface area contributed by atoms with Crippen LogP contribution in [0.3, 0.4) is 0 Å². The largest absolute Gasteiger partial charge is 0.313 e. The van der Waals surface area contributed by atoms with Crippen molar-refractivity contribution in [1.82, 2.24) is 5.32 Å². The molecule has 1 nitrogen and oxygen atoms in total. The molecule has 0 aromatic rings. The lowest BCUT2D eigenvalue weighted by atomic mass is 10.1. The van der Waals surface area contributed by atoms with Gasteiger partial charge in [-0.15, -0.1) is 0 Å². The van der Waals surface area contributed by atoms with E-state index in [1.807, 2.05) is 0 Å². The first-order valence-electron chi connectivity index (χ1n) is 5.03. The van der Waals surface area contributed by atoms with Crippen molar-refractivity contribution < 1.29 is 0 Å². The Labute approximate surface area is 76.2 Å². The molecule has 1 aliphatic carbocycles. The fourth-order valence-corrected chi connectivity index (χ4v) is 2.00. The highest BCUT2D eigenvalue weighted by Crippen LogP contribution is 2.29. The van der Waals surface area contributed by atoms with Crippen LogP contribution in [0.2, 0.25) is 0 Å². The average Bonchev–Trinajstić information content (AvgIpc) is 2.35. The summed E-state index contributed by atoms with van der Waals surface area (Å²) in [7, 11) is 0. The molecule has 1 N–H and O–H groups in total. The van der Waals surface area contributed by atoms with Gasteiger partial charge in [0.1, 0.15) is 0 Å². The maximum absolute atomic E-state index is 3.87. The Hall–Kier alpha value is -0.300. The van der Waals surface area contributed by atoms with Crippen LogP contribution >= 0.6 is 0 Å². The second-order valence-electron chi connectivity index (χ2n) is 4.37. The van der Waals surface area contributed by atoms with Gasteiger partial charge in [0.15, 0.2) is 0 Å². The third-order valence-corrected chi connectivity index (χ3v) is 2.66. The second-order valence-corrected chi connectivity index (χ2v) is 4.37. The summed E-state index contributed by atoms with van der Waals surface area (Å²) in [5.41, 5.74) is 1.24. The van der Waals surface area contributed by atoms with E-state index in [1.54, 1.807) is 0 Å². The standard InChI is InChI=1S/C11H21N/c1-9(2)7-12-8-11-5-4-10(3)6-11/h10-12H,1,4-8H2,2-3H3. The quantitative estimate of drug-likeness (QED) is 0.635. The molecular formula is C11H21N. The minimum absolute atomic E-state index is 0.930. The van der Waals surface area contributed by atoms with Gasteiger partial charge in [0, 0.05) is 6.54 Å². The molecule has 0 aromatic heterocycles. The van der Waals surface area contributed by atoms with Gasteiger partial charge in [-0.1, -0.05) is 25.5 Å². The zero-order chi connectivity index (χ0) is 8.97. The SMILES string of the molecule is C=C(C)CNCC1CCC(C)C1. The highest BCUT2D eigenvalue weighted by Gasteiger charge is 2.20. The van der Waals surface area contributed by atoms with Crippen LogP contribution in [0.15, 0.2) is 12.2 Å². The first-order chi connectivity index (χ1) is 5.68. The molecule has 1 heteroatoms. The van der Waals surface area contributed by atoms with E-state index in [4.69, 9.17) is 0 Å². The van der Waals surface area contributed by atoms with Crippen LogP contribution in [0.25, 0.3) is 0 Å². The molecule has 2 atom stereocenters. The molecule has 0 aliphatic heterocycles. The normalized spacial score (nSPS) is 29.2. The zero-order valence-electron chi connectivity index (χ0n) is 8.40. The predicted octanol–water partition coefficient (Wildman–Crippen LogP) is 2.59. The van der Waals surface area contributed by atoms with E-state index in [0.717, 1.165) is 18.4 Å². The van der Waals surface area contributed by atoms with Gasteiger partial charge in [0.2, 0.25) is 0 Å². The first kappa shape index (κ1) is 9.79. The molecule has 1 saturated carbocycles. The van der Waals surface area contributed by atoms with Gasteiger partial charge in [0.05, 0.1) is 0 Å². The fraction of sp³-hybridized carbons (Fsp3) is 0.818. The van der Waals surface area contributed by atoms with Crippen LogP contribution in [0.1, 0.15) is 33.1 Å². The van der Waals surface area contributed by atoms with Crippen LogP contribution in [0.5, 0.6) is 0 Å². The minimum Gasteiger partial charge on any atom is -0.313 e. The van der Waals surface area contributed by atoms with Crippen molar-refractivity contribution in [2.75, 3.05) is 13.1 Å². The van der Waals surface area contributed by atoms with Crippen molar-refractivity contribution >= 4 is 0 Å². The lowest BCUT2D eigenvalue weighted by Crippen LogP contribution is -2.22. The van der Waals surface area contributed by atoms with Gasteiger partial charge in [-0.05, 0) is 38.1 Å². The maximum atomic E-state index is 3.87. The number of hydrogen-bond acceptors (Lipinski definition) is 1. The van der Waals surface area contributed by atoms with Crippen molar-refractivity contribution in [3.63, 3.8) is 0 Å². The van der Waals surface area contributed by atoms with Gasteiger partial charge in [-0.25, -0.2) is 0 Å². The molecule has 12 heavy (non-hydrogen) atoms. The Kier molecular flexibility index (Phi) is 3.80. The van der Waals surface area contributed by atoms with Crippen molar-refractivity contribution in [2.24, 2.45) is 11.8 Å². The monoisotopic (exact) mass is 167 g/mol. The van der Waals surface area contributed by atoms with Crippen LogP contribution in [-0.4, -0.2) is 13.1 Å². The first-order valence-corrected chi connectivity index (χ1v) is 5.03. The lowest BCUT2D eigenvalue weighted by Gasteiger charge is -2.10. The van der Waals surface area contributed by atoms with Crippen molar-refractivity contribution in [3.05, 3.63) is 12.2 Å². The van der Waals surface area contributed by atoms with E-state index in [9.17, 15) is 0 Å². The Morgan fingerprint density at radius 2 is 2.25 bits per heavy atom. The summed E-state index contributed by atoms with van der Waals surface area (Å²) < 4.78 is 0. The van der Waals surface area contributed by atoms with Gasteiger partial charge >= 0.3 is 0 Å². The highest BCUT2D eigenvalue weighted by molar-refractivity contribution is 4.90. The van der Waals surface area contributed by atoms with Crippen LogP contribution in [0, 0.1) is 11.8 Å². The molecule has 70 valence electrons. The molecule has 1 fully saturated rings. The Bertz CT molecular complexity index is 151. The van der Waals surface area contributed by atoms with E-state index in [0.29, 0.717) is 0 Å². The van der Waals surface area contributed by atoms with E-state index < -0.39 is 0 Å². The summed E-state index contributed by atoms with van der Waals surface area (Å²) in [5, 5.41) is 3.45. The summed E-state index contributed by atoms with van der Waals surface area (Å²) in [6, 6.07) is 0. The van der Waals surface area contributed by atoms with Gasteiger partial charge in [-0.2, -0.15) is 0 Å². The summed E-state index contributed by atoms with van der Waals surface area (Å²) in [6.07, 6.45) is 4.27. The van der Waals surface area contributed by atoms with Crippen LogP contribution in [0.4, 0.5) is 0 Å². The third-order valence-electron chi connectivity index (χ3n) is 2.66. The predicted molar refractivity (Wildman–Crippen MR) is 54.2 cm³/mol. The number of nitrogens with one attached hydrogen (secondary N) is 1. The summed E-state index contributed by atoms with van der Waals surface area (Å²) >= 11 is 0. The van der Waals surface area contributed by atoms with E-state index in [2.05, 4.69) is 25.7 Å². The molecule has 0 heterocycles. The Morgan fingerprint density at radius 1 is 1.50 bits per heavy atom. The van der Waals surface area contributed by atoms with Crippen molar-refractivity contribution in [2.45, 2.75) is 33.1 Å². The summed E-state index contributed by atoms with van der Waals surface area (Å²) in [5.74, 6) is 1.89. The molecule has 1 aliphatic rings. The van der Waals surface area contributed by atoms with Crippen molar-refractivity contribution in [1.29, 1.82) is 0 Å². The summed E-state index contributed by atoms with van der Waals surface area (Å²) in [6.45, 7) is 10.5. The Morgan fingerprint density at radius 3 is 2.75 bits per heavy atom. The average molecular weight is 167 g/mol. The molecule has 2 unspecified atom stereocenters. The highest BCUT2D eigenvalue weighted by atomic mass is 14.9. The fourth-order valence-electron chi connectivity index (χ4n) is 2.00. The number of hydrogen-bond donors (Lipinski definition) is 1. The molecule has 0 amide bonds. The van der Waals surface area contributed by atoms with Crippen LogP contribution in [-0.2, 0) is 0 Å². The van der Waals surface area contributed by atoms with E-state index in [-0.39, 0.29) is 0 Å². The molecule has 0 radical (unpaired) electrons. The summed E-state index contributed by atoms with van der Waals surface area (Å²) in [4.78, 5) is 0. The third kappa shape index (κ3) is 3.40. The zero-order valence-corrected chi connectivity index (χ0v) is 8.40. The van der Waals surface area contributed by atoms with Crippen LogP contribution < -0.4 is 5.32 Å². The molecule has 0 saturated heterocycles. The van der Waals surface area contributed by atoms with E-state index in [1.165, 1.54) is 31.4 Å². The van der Waals surface area contributed by atoms with Gasteiger partial charge in [0.25, 0.3) is 0 Å². The van der Waals surface area contributed by atoms with E-state index >= 15 is 0 Å². The Balaban J connectivity index is 2.04. The molecular weight excluding hydrogens is 146 g/mol. The van der Waals surface area contributed by atoms with Crippen molar-refractivity contribution in [3.8, 4) is 0 Å². The molecule has 0 aromatic carbocycles. The smallest absolute Gasteiger partial charge is 0.0159 e. The maximum Gasteiger partial charge on any atom is 0.0159 e.